The summed E-state index contributed by atoms with van der Waals surface area (Å²) >= 11 is 0. The molecule has 1 saturated heterocycles. The standard InChI is InChI=1S/C13H16N4O5/c1-7-6-17(13(21)16-12(7)20)11-4-9(19)10(22-11)3-2-8(18)5-15-14/h5-6,9-11,19H,2-4H2,1H3,(H,16,20,21). The number of ketones is 1. The molecule has 0 spiro atoms. The molecule has 118 valence electrons. The number of aryl methyl sites for hydroxylation is 1. The van der Waals surface area contributed by atoms with E-state index in [4.69, 9.17) is 10.3 Å². The van der Waals surface area contributed by atoms with Gasteiger partial charge in [0.05, 0.1) is 12.2 Å². The van der Waals surface area contributed by atoms with Crippen LogP contribution >= 0.6 is 0 Å². The van der Waals surface area contributed by atoms with Crippen LogP contribution in [0.1, 0.15) is 31.1 Å². The zero-order valence-electron chi connectivity index (χ0n) is 11.9. The first kappa shape index (κ1) is 16.0. The van der Waals surface area contributed by atoms with Crippen LogP contribution in [0.5, 0.6) is 0 Å². The van der Waals surface area contributed by atoms with Crippen LogP contribution in [0.3, 0.4) is 0 Å². The van der Waals surface area contributed by atoms with Crippen molar-refractivity contribution >= 4 is 12.0 Å². The fourth-order valence-electron chi connectivity index (χ4n) is 2.36. The number of aromatic amines is 1. The number of nitrogens with zero attached hydrogens (tertiary/aromatic N) is 3. The van der Waals surface area contributed by atoms with E-state index in [1.807, 2.05) is 0 Å². The number of aromatic nitrogens is 2. The highest BCUT2D eigenvalue weighted by atomic mass is 16.5. The normalized spacial score (nSPS) is 24.0. The van der Waals surface area contributed by atoms with E-state index in [0.717, 1.165) is 6.21 Å². The van der Waals surface area contributed by atoms with Crippen LogP contribution < -0.4 is 11.2 Å². The Balaban J connectivity index is 2.09. The number of hydrogen-bond acceptors (Lipinski definition) is 5. The molecule has 3 atom stereocenters. The number of aliphatic hydroxyl groups is 1. The maximum atomic E-state index is 11.8. The molecule has 1 aromatic rings. The minimum absolute atomic E-state index is 0.0536. The van der Waals surface area contributed by atoms with Crippen molar-refractivity contribution in [3.8, 4) is 0 Å². The van der Waals surface area contributed by atoms with Gasteiger partial charge in [-0.2, -0.15) is 4.79 Å². The van der Waals surface area contributed by atoms with Crippen LogP contribution in [0.2, 0.25) is 0 Å². The third-order valence-corrected chi connectivity index (χ3v) is 3.54. The smallest absolute Gasteiger partial charge is 0.330 e. The van der Waals surface area contributed by atoms with Gasteiger partial charge in [0.2, 0.25) is 5.78 Å². The molecule has 0 radical (unpaired) electrons. The van der Waals surface area contributed by atoms with Crippen molar-refractivity contribution in [3.63, 3.8) is 0 Å². The molecule has 9 heteroatoms. The number of aliphatic hydroxyl groups excluding tert-OH is 1. The quantitative estimate of drug-likeness (QED) is 0.414. The Kier molecular flexibility index (Phi) is 4.81. The molecule has 0 bridgehead atoms. The summed E-state index contributed by atoms with van der Waals surface area (Å²) < 4.78 is 6.81. The van der Waals surface area contributed by atoms with E-state index in [2.05, 4.69) is 9.77 Å². The summed E-state index contributed by atoms with van der Waals surface area (Å²) in [5, 5.41) is 9.97. The Morgan fingerprint density at radius 3 is 3.05 bits per heavy atom. The SMILES string of the molecule is Cc1cn(C2CC(O)C(CCC(=O)C=[N+]=[N-])O2)c(=O)[nH]c1=O. The molecule has 1 aromatic heterocycles. The summed E-state index contributed by atoms with van der Waals surface area (Å²) in [4.78, 5) is 39.2. The van der Waals surface area contributed by atoms with Crippen molar-refractivity contribution in [2.75, 3.05) is 0 Å². The van der Waals surface area contributed by atoms with E-state index in [-0.39, 0.29) is 25.0 Å². The van der Waals surface area contributed by atoms with Gasteiger partial charge in [0.15, 0.2) is 0 Å². The minimum atomic E-state index is -0.831. The Labute approximate surface area is 124 Å². The Hall–Kier alpha value is -2.35. The average Bonchev–Trinajstić information content (AvgIpc) is 2.82. The van der Waals surface area contributed by atoms with Crippen molar-refractivity contribution < 1.29 is 19.4 Å². The number of rotatable bonds is 5. The Morgan fingerprint density at radius 1 is 1.64 bits per heavy atom. The van der Waals surface area contributed by atoms with Crippen molar-refractivity contribution in [3.05, 3.63) is 38.1 Å². The number of Topliss-reactive ketones (excluding diaryl/α,β-unsaturated/α-hetero) is 1. The zero-order chi connectivity index (χ0) is 16.3. The first-order chi connectivity index (χ1) is 10.4. The molecule has 0 saturated carbocycles. The number of carbonyl (C=O) groups is 1. The number of ether oxygens (including phenoxy) is 1. The van der Waals surface area contributed by atoms with Gasteiger partial charge < -0.3 is 15.4 Å². The highest BCUT2D eigenvalue weighted by Gasteiger charge is 2.35. The van der Waals surface area contributed by atoms with Crippen LogP contribution in [0, 0.1) is 6.92 Å². The van der Waals surface area contributed by atoms with Crippen LogP contribution in [0.25, 0.3) is 5.53 Å². The van der Waals surface area contributed by atoms with Gasteiger partial charge in [-0.1, -0.05) is 0 Å². The summed E-state index contributed by atoms with van der Waals surface area (Å²) in [6.45, 7) is 1.56. The molecular formula is C13H16N4O5. The molecule has 1 aliphatic heterocycles. The minimum Gasteiger partial charge on any atom is -0.390 e. The lowest BCUT2D eigenvalue weighted by Gasteiger charge is -2.15. The average molecular weight is 308 g/mol. The molecule has 0 aromatic carbocycles. The van der Waals surface area contributed by atoms with Crippen molar-refractivity contribution in [1.29, 1.82) is 0 Å². The second-order valence-corrected chi connectivity index (χ2v) is 5.16. The van der Waals surface area contributed by atoms with Gasteiger partial charge in [0, 0.05) is 24.6 Å². The van der Waals surface area contributed by atoms with Crippen molar-refractivity contribution in [1.82, 2.24) is 9.55 Å². The van der Waals surface area contributed by atoms with Gasteiger partial charge in [0.1, 0.15) is 6.23 Å². The number of nitrogens with one attached hydrogen (secondary N) is 1. The number of hydrogen-bond donors (Lipinski definition) is 2. The second kappa shape index (κ2) is 6.61. The lowest BCUT2D eigenvalue weighted by molar-refractivity contribution is -0.117. The van der Waals surface area contributed by atoms with Gasteiger partial charge >= 0.3 is 11.9 Å². The third kappa shape index (κ3) is 3.45. The van der Waals surface area contributed by atoms with E-state index < -0.39 is 29.7 Å². The molecule has 3 unspecified atom stereocenters. The van der Waals surface area contributed by atoms with Gasteiger partial charge in [-0.15, -0.1) is 0 Å². The molecular weight excluding hydrogens is 292 g/mol. The molecule has 2 N–H and O–H groups in total. The highest BCUT2D eigenvalue weighted by molar-refractivity contribution is 6.25. The molecule has 0 amide bonds. The molecule has 2 rings (SSSR count). The predicted molar refractivity (Wildman–Crippen MR) is 74.5 cm³/mol. The molecule has 1 aliphatic rings. The van der Waals surface area contributed by atoms with E-state index >= 15 is 0 Å². The van der Waals surface area contributed by atoms with Gasteiger partial charge in [0.25, 0.3) is 5.56 Å². The maximum Gasteiger partial charge on any atom is 0.330 e. The van der Waals surface area contributed by atoms with E-state index in [9.17, 15) is 19.5 Å². The molecule has 2 heterocycles. The summed E-state index contributed by atoms with van der Waals surface area (Å²) in [7, 11) is 0. The zero-order valence-corrected chi connectivity index (χ0v) is 11.9. The van der Waals surface area contributed by atoms with Crippen LogP contribution in [-0.4, -0.2) is 43.7 Å². The first-order valence-electron chi connectivity index (χ1n) is 6.78. The molecule has 0 aliphatic carbocycles. The van der Waals surface area contributed by atoms with E-state index in [0.29, 0.717) is 5.56 Å². The lowest BCUT2D eigenvalue weighted by atomic mass is 10.1. The largest absolute Gasteiger partial charge is 0.390 e. The Morgan fingerprint density at radius 2 is 2.36 bits per heavy atom. The highest BCUT2D eigenvalue weighted by Crippen LogP contribution is 2.29. The Bertz CT molecular complexity index is 731. The topological polar surface area (TPSA) is 138 Å². The first-order valence-corrected chi connectivity index (χ1v) is 6.78. The summed E-state index contributed by atoms with van der Waals surface area (Å²) in [6, 6.07) is 0. The lowest BCUT2D eigenvalue weighted by Crippen LogP contribution is -2.33. The third-order valence-electron chi connectivity index (χ3n) is 3.54. The maximum absolute atomic E-state index is 11.8. The van der Waals surface area contributed by atoms with E-state index in [1.165, 1.54) is 10.8 Å². The van der Waals surface area contributed by atoms with Crippen molar-refractivity contribution in [2.24, 2.45) is 0 Å². The van der Waals surface area contributed by atoms with E-state index in [1.54, 1.807) is 6.92 Å². The predicted octanol–water partition coefficient (Wildman–Crippen LogP) is -0.857. The molecule has 1 fully saturated rings. The van der Waals surface area contributed by atoms with Crippen LogP contribution in [-0.2, 0) is 9.53 Å². The second-order valence-electron chi connectivity index (χ2n) is 5.16. The van der Waals surface area contributed by atoms with Crippen LogP contribution in [0.4, 0.5) is 0 Å². The molecule has 22 heavy (non-hydrogen) atoms. The van der Waals surface area contributed by atoms with Gasteiger partial charge in [-0.25, -0.2) is 4.79 Å². The number of H-pyrrole nitrogens is 1. The summed E-state index contributed by atoms with van der Waals surface area (Å²) in [5.74, 6) is -0.390. The monoisotopic (exact) mass is 308 g/mol. The summed E-state index contributed by atoms with van der Waals surface area (Å²) in [6.07, 6.45) is 0.489. The number of carbonyl (C=O) groups excluding carboxylic acids is 1. The van der Waals surface area contributed by atoms with Gasteiger partial charge in [-0.05, 0) is 13.3 Å². The van der Waals surface area contributed by atoms with Gasteiger partial charge in [-0.3, -0.25) is 19.1 Å². The van der Waals surface area contributed by atoms with Crippen molar-refractivity contribution in [2.45, 2.75) is 44.6 Å². The van der Waals surface area contributed by atoms with Crippen LogP contribution in [0.15, 0.2) is 15.8 Å². The summed E-state index contributed by atoms with van der Waals surface area (Å²) in [5.41, 5.74) is 7.53. The molecule has 9 nitrogen and oxygen atoms in total. The fourth-order valence-corrected chi connectivity index (χ4v) is 2.36. The fraction of sp³-hybridized carbons (Fsp3) is 0.538.